The second-order valence-corrected chi connectivity index (χ2v) is 4.18. The van der Waals surface area contributed by atoms with Crippen LogP contribution in [0.1, 0.15) is 25.8 Å². The van der Waals surface area contributed by atoms with Crippen molar-refractivity contribution < 1.29 is 5.11 Å². The normalized spacial score (nSPS) is 10.9. The summed E-state index contributed by atoms with van der Waals surface area (Å²) in [5, 5.41) is 9.17. The van der Waals surface area contributed by atoms with Crippen molar-refractivity contribution in [3.05, 3.63) is 29.8 Å². The van der Waals surface area contributed by atoms with E-state index in [0.717, 1.165) is 32.5 Å². The summed E-state index contributed by atoms with van der Waals surface area (Å²) in [6.45, 7) is 6.67. The Labute approximate surface area is 132 Å². The highest BCUT2D eigenvalue weighted by molar-refractivity contribution is 14.0. The Morgan fingerprint density at radius 3 is 2.32 bits per heavy atom. The molecule has 0 unspecified atom stereocenters. The summed E-state index contributed by atoms with van der Waals surface area (Å²) >= 11 is 0. The molecule has 0 aliphatic rings. The van der Waals surface area contributed by atoms with Crippen molar-refractivity contribution in [3.63, 3.8) is 0 Å². The van der Waals surface area contributed by atoms with E-state index in [0.29, 0.717) is 11.7 Å². The average molecular weight is 377 g/mol. The van der Waals surface area contributed by atoms with Gasteiger partial charge in [0.15, 0.2) is 5.96 Å². The van der Waals surface area contributed by atoms with Crippen LogP contribution in [0.25, 0.3) is 0 Å². The number of aryl methyl sites for hydroxylation is 1. The lowest BCUT2D eigenvalue weighted by molar-refractivity contribution is 0.458. The maximum atomic E-state index is 9.17. The third-order valence-corrected chi connectivity index (χ3v) is 2.92. The molecule has 0 saturated heterocycles. The fraction of sp³-hybridized carbons (Fsp3) is 0.500. The van der Waals surface area contributed by atoms with E-state index in [-0.39, 0.29) is 24.0 Å². The SMILES string of the molecule is CCN(CC)C(N)=NCCCc1ccc(O)cc1.I. The Morgan fingerprint density at radius 2 is 1.79 bits per heavy atom. The summed E-state index contributed by atoms with van der Waals surface area (Å²) in [7, 11) is 0. The van der Waals surface area contributed by atoms with Gasteiger partial charge in [0, 0.05) is 19.6 Å². The van der Waals surface area contributed by atoms with Crippen molar-refractivity contribution in [1.82, 2.24) is 4.90 Å². The Hall–Kier alpha value is -0.980. The van der Waals surface area contributed by atoms with E-state index in [9.17, 15) is 5.11 Å². The lowest BCUT2D eigenvalue weighted by atomic mass is 10.1. The third kappa shape index (κ3) is 6.66. The number of aliphatic imine (C=N–C) groups is 1. The van der Waals surface area contributed by atoms with Gasteiger partial charge in [-0.3, -0.25) is 4.99 Å². The summed E-state index contributed by atoms with van der Waals surface area (Å²) in [6.07, 6.45) is 1.92. The molecule has 0 radical (unpaired) electrons. The summed E-state index contributed by atoms with van der Waals surface area (Å²) in [6, 6.07) is 7.30. The molecule has 4 nitrogen and oxygen atoms in total. The Kier molecular flexibility index (Phi) is 9.38. The Balaban J connectivity index is 0.00000324. The van der Waals surface area contributed by atoms with Crippen LogP contribution in [-0.4, -0.2) is 35.6 Å². The van der Waals surface area contributed by atoms with Crippen LogP contribution in [0.4, 0.5) is 0 Å². The van der Waals surface area contributed by atoms with E-state index in [1.807, 2.05) is 17.0 Å². The molecule has 0 bridgehead atoms. The minimum Gasteiger partial charge on any atom is -0.508 e. The lowest BCUT2D eigenvalue weighted by Gasteiger charge is -2.19. The largest absolute Gasteiger partial charge is 0.508 e. The number of halogens is 1. The van der Waals surface area contributed by atoms with Gasteiger partial charge in [-0.1, -0.05) is 12.1 Å². The first-order chi connectivity index (χ1) is 8.67. The second kappa shape index (κ2) is 9.89. The van der Waals surface area contributed by atoms with Crippen LogP contribution in [0.15, 0.2) is 29.3 Å². The number of hydrogen-bond acceptors (Lipinski definition) is 2. The quantitative estimate of drug-likeness (QED) is 0.347. The molecule has 0 amide bonds. The zero-order valence-corrected chi connectivity index (χ0v) is 14.0. The average Bonchev–Trinajstić information content (AvgIpc) is 2.38. The standard InChI is InChI=1S/C14H23N3O.HI/c1-3-17(4-2)14(15)16-11-5-6-12-7-9-13(18)10-8-12;/h7-10,18H,3-6,11H2,1-2H3,(H2,15,16);1H. The van der Waals surface area contributed by atoms with Gasteiger partial charge in [0.25, 0.3) is 0 Å². The van der Waals surface area contributed by atoms with Gasteiger partial charge >= 0.3 is 0 Å². The van der Waals surface area contributed by atoms with E-state index < -0.39 is 0 Å². The van der Waals surface area contributed by atoms with E-state index in [1.54, 1.807) is 12.1 Å². The van der Waals surface area contributed by atoms with Crippen LogP contribution < -0.4 is 5.73 Å². The van der Waals surface area contributed by atoms with Crippen LogP contribution in [0.5, 0.6) is 5.75 Å². The Morgan fingerprint density at radius 1 is 1.21 bits per heavy atom. The zero-order chi connectivity index (χ0) is 13.4. The molecule has 1 aromatic carbocycles. The van der Waals surface area contributed by atoms with Gasteiger partial charge in [0.2, 0.25) is 0 Å². The molecular formula is C14H24IN3O. The summed E-state index contributed by atoms with van der Waals surface area (Å²) in [5.74, 6) is 0.938. The lowest BCUT2D eigenvalue weighted by Crippen LogP contribution is -2.37. The highest BCUT2D eigenvalue weighted by Crippen LogP contribution is 2.10. The van der Waals surface area contributed by atoms with Crippen molar-refractivity contribution >= 4 is 29.9 Å². The minimum atomic E-state index is 0. The maximum Gasteiger partial charge on any atom is 0.191 e. The number of nitrogens with zero attached hydrogens (tertiary/aromatic N) is 2. The van der Waals surface area contributed by atoms with E-state index >= 15 is 0 Å². The number of nitrogens with two attached hydrogens (primary N) is 1. The van der Waals surface area contributed by atoms with Crippen LogP contribution >= 0.6 is 24.0 Å². The molecule has 5 heteroatoms. The van der Waals surface area contributed by atoms with Crippen LogP contribution in [0.3, 0.4) is 0 Å². The third-order valence-electron chi connectivity index (χ3n) is 2.92. The van der Waals surface area contributed by atoms with E-state index in [1.165, 1.54) is 5.56 Å². The number of guanidine groups is 1. The zero-order valence-electron chi connectivity index (χ0n) is 11.7. The first-order valence-corrected chi connectivity index (χ1v) is 6.50. The number of benzene rings is 1. The molecule has 1 rings (SSSR count). The molecule has 0 heterocycles. The van der Waals surface area contributed by atoms with Gasteiger partial charge in [-0.25, -0.2) is 0 Å². The van der Waals surface area contributed by atoms with Gasteiger partial charge in [-0.2, -0.15) is 0 Å². The first kappa shape index (κ1) is 18.0. The van der Waals surface area contributed by atoms with Gasteiger partial charge in [0.05, 0.1) is 0 Å². The van der Waals surface area contributed by atoms with E-state index in [4.69, 9.17) is 5.73 Å². The number of phenols is 1. The van der Waals surface area contributed by atoms with Crippen molar-refractivity contribution in [2.24, 2.45) is 10.7 Å². The van der Waals surface area contributed by atoms with Crippen LogP contribution in [-0.2, 0) is 6.42 Å². The topological polar surface area (TPSA) is 61.8 Å². The highest BCUT2D eigenvalue weighted by Gasteiger charge is 2.01. The van der Waals surface area contributed by atoms with Crippen LogP contribution in [0.2, 0.25) is 0 Å². The molecule has 0 aliphatic carbocycles. The maximum absolute atomic E-state index is 9.17. The molecular weight excluding hydrogens is 353 g/mol. The van der Waals surface area contributed by atoms with Crippen LogP contribution in [0, 0.1) is 0 Å². The second-order valence-electron chi connectivity index (χ2n) is 4.18. The smallest absolute Gasteiger partial charge is 0.191 e. The summed E-state index contributed by atoms with van der Waals surface area (Å²) in [5.41, 5.74) is 7.09. The number of hydrogen-bond donors (Lipinski definition) is 2. The van der Waals surface area contributed by atoms with E-state index in [2.05, 4.69) is 18.8 Å². The molecule has 3 N–H and O–H groups in total. The van der Waals surface area contributed by atoms with Gasteiger partial charge < -0.3 is 15.7 Å². The van der Waals surface area contributed by atoms with Crippen molar-refractivity contribution in [3.8, 4) is 5.75 Å². The predicted molar refractivity (Wildman–Crippen MR) is 91.3 cm³/mol. The van der Waals surface area contributed by atoms with Crippen molar-refractivity contribution in [2.45, 2.75) is 26.7 Å². The fourth-order valence-corrected chi connectivity index (χ4v) is 1.79. The number of aromatic hydroxyl groups is 1. The molecule has 0 atom stereocenters. The van der Waals surface area contributed by atoms with Crippen molar-refractivity contribution in [2.75, 3.05) is 19.6 Å². The molecule has 1 aromatic rings. The van der Waals surface area contributed by atoms with Gasteiger partial charge in [-0.05, 0) is 44.4 Å². The van der Waals surface area contributed by atoms with Gasteiger partial charge in [-0.15, -0.1) is 24.0 Å². The van der Waals surface area contributed by atoms with Crippen molar-refractivity contribution in [1.29, 1.82) is 0 Å². The Bertz CT molecular complexity index is 375. The molecule has 0 aromatic heterocycles. The first-order valence-electron chi connectivity index (χ1n) is 6.50. The predicted octanol–water partition coefficient (Wildman–Crippen LogP) is 2.60. The number of rotatable bonds is 6. The molecule has 0 aliphatic heterocycles. The number of phenolic OH excluding ortho intramolecular Hbond substituents is 1. The fourth-order valence-electron chi connectivity index (χ4n) is 1.79. The highest BCUT2D eigenvalue weighted by atomic mass is 127. The minimum absolute atomic E-state index is 0. The monoisotopic (exact) mass is 377 g/mol. The molecule has 19 heavy (non-hydrogen) atoms. The molecule has 0 saturated carbocycles. The van der Waals surface area contributed by atoms with Gasteiger partial charge in [0.1, 0.15) is 5.75 Å². The summed E-state index contributed by atoms with van der Waals surface area (Å²) in [4.78, 5) is 6.41. The summed E-state index contributed by atoms with van der Waals surface area (Å²) < 4.78 is 0. The molecule has 108 valence electrons. The molecule has 0 spiro atoms. The molecule has 0 fully saturated rings.